The SMILES string of the molecule is COCC(N)C(=O)NC(C)c1cccc(-n2cccn2)c1.Cl. The van der Waals surface area contributed by atoms with Gasteiger partial charge >= 0.3 is 0 Å². The molecule has 0 bridgehead atoms. The summed E-state index contributed by atoms with van der Waals surface area (Å²) in [4.78, 5) is 11.9. The fourth-order valence-corrected chi connectivity index (χ4v) is 2.02. The van der Waals surface area contributed by atoms with Gasteiger partial charge in [0.15, 0.2) is 0 Å². The molecule has 1 aromatic carbocycles. The summed E-state index contributed by atoms with van der Waals surface area (Å²) in [6, 6.07) is 8.90. The second-order valence-corrected chi connectivity index (χ2v) is 4.84. The number of ether oxygens (including phenoxy) is 1. The van der Waals surface area contributed by atoms with Gasteiger partial charge in [0.25, 0.3) is 0 Å². The van der Waals surface area contributed by atoms with E-state index in [9.17, 15) is 4.79 Å². The number of rotatable bonds is 6. The third-order valence-corrected chi connectivity index (χ3v) is 3.18. The van der Waals surface area contributed by atoms with E-state index in [0.29, 0.717) is 0 Å². The first-order valence-electron chi connectivity index (χ1n) is 6.76. The lowest BCUT2D eigenvalue weighted by Gasteiger charge is -2.18. The molecule has 2 unspecified atom stereocenters. The van der Waals surface area contributed by atoms with Crippen LogP contribution in [0.5, 0.6) is 0 Å². The summed E-state index contributed by atoms with van der Waals surface area (Å²) in [5.74, 6) is -0.228. The van der Waals surface area contributed by atoms with Gasteiger partial charge in [0, 0.05) is 19.5 Å². The minimum Gasteiger partial charge on any atom is -0.383 e. The minimum atomic E-state index is -0.660. The fourth-order valence-electron chi connectivity index (χ4n) is 2.02. The Morgan fingerprint density at radius 1 is 1.45 bits per heavy atom. The molecule has 1 aromatic heterocycles. The molecule has 0 saturated carbocycles. The molecule has 0 spiro atoms. The van der Waals surface area contributed by atoms with E-state index in [1.54, 1.807) is 10.9 Å². The third-order valence-electron chi connectivity index (χ3n) is 3.18. The second kappa shape index (κ2) is 8.53. The maximum atomic E-state index is 11.9. The first-order valence-corrected chi connectivity index (χ1v) is 6.76. The standard InChI is InChI=1S/C15H20N4O2.ClH/c1-11(18-15(20)14(16)10-21-2)12-5-3-6-13(9-12)19-8-4-7-17-19;/h3-9,11,14H,10,16H2,1-2H3,(H,18,20);1H. The molecule has 0 fully saturated rings. The summed E-state index contributed by atoms with van der Waals surface area (Å²) < 4.78 is 6.66. The predicted molar refractivity (Wildman–Crippen MR) is 87.2 cm³/mol. The maximum Gasteiger partial charge on any atom is 0.239 e. The molecule has 1 heterocycles. The molecule has 2 atom stereocenters. The van der Waals surface area contributed by atoms with Gasteiger partial charge in [0.2, 0.25) is 5.91 Å². The normalized spacial score (nSPS) is 13.0. The molecule has 1 amide bonds. The molecule has 3 N–H and O–H groups in total. The van der Waals surface area contributed by atoms with Gasteiger partial charge < -0.3 is 15.8 Å². The number of nitrogens with one attached hydrogen (secondary N) is 1. The van der Waals surface area contributed by atoms with Gasteiger partial charge in [-0.2, -0.15) is 5.10 Å². The van der Waals surface area contributed by atoms with Crippen molar-refractivity contribution in [1.29, 1.82) is 0 Å². The summed E-state index contributed by atoms with van der Waals surface area (Å²) in [6.07, 6.45) is 3.60. The van der Waals surface area contributed by atoms with Gasteiger partial charge in [-0.3, -0.25) is 4.79 Å². The van der Waals surface area contributed by atoms with Crippen molar-refractivity contribution < 1.29 is 9.53 Å². The van der Waals surface area contributed by atoms with E-state index in [-0.39, 0.29) is 31.0 Å². The van der Waals surface area contributed by atoms with Crippen molar-refractivity contribution in [2.75, 3.05) is 13.7 Å². The number of halogens is 1. The number of nitrogens with two attached hydrogens (primary N) is 1. The molecular weight excluding hydrogens is 304 g/mol. The Balaban J connectivity index is 0.00000242. The number of hydrogen-bond donors (Lipinski definition) is 2. The van der Waals surface area contributed by atoms with Gasteiger partial charge in [-0.15, -0.1) is 12.4 Å². The Labute approximate surface area is 136 Å². The van der Waals surface area contributed by atoms with Crippen molar-refractivity contribution in [1.82, 2.24) is 15.1 Å². The molecule has 120 valence electrons. The van der Waals surface area contributed by atoms with E-state index < -0.39 is 6.04 Å². The van der Waals surface area contributed by atoms with Gasteiger partial charge in [-0.1, -0.05) is 12.1 Å². The van der Waals surface area contributed by atoms with Crippen LogP contribution in [-0.2, 0) is 9.53 Å². The summed E-state index contributed by atoms with van der Waals surface area (Å²) in [7, 11) is 1.52. The maximum absolute atomic E-state index is 11.9. The highest BCUT2D eigenvalue weighted by Crippen LogP contribution is 2.16. The highest BCUT2D eigenvalue weighted by molar-refractivity contribution is 5.85. The van der Waals surface area contributed by atoms with Crippen LogP contribution in [0.1, 0.15) is 18.5 Å². The van der Waals surface area contributed by atoms with Crippen molar-refractivity contribution in [3.63, 3.8) is 0 Å². The Kier molecular flexibility index (Phi) is 7.04. The molecule has 0 aliphatic rings. The number of nitrogens with zero attached hydrogens (tertiary/aromatic N) is 2. The lowest BCUT2D eigenvalue weighted by Crippen LogP contribution is -2.44. The molecule has 0 aliphatic carbocycles. The van der Waals surface area contributed by atoms with Crippen LogP contribution in [-0.4, -0.2) is 35.4 Å². The van der Waals surface area contributed by atoms with E-state index in [0.717, 1.165) is 11.3 Å². The van der Waals surface area contributed by atoms with E-state index >= 15 is 0 Å². The monoisotopic (exact) mass is 324 g/mol. The zero-order chi connectivity index (χ0) is 15.2. The molecule has 22 heavy (non-hydrogen) atoms. The number of benzene rings is 1. The number of methoxy groups -OCH3 is 1. The lowest BCUT2D eigenvalue weighted by molar-refractivity contribution is -0.124. The molecule has 0 radical (unpaired) electrons. The zero-order valence-electron chi connectivity index (χ0n) is 12.6. The van der Waals surface area contributed by atoms with Crippen LogP contribution in [0.25, 0.3) is 5.69 Å². The fraction of sp³-hybridized carbons (Fsp3) is 0.333. The number of hydrogen-bond acceptors (Lipinski definition) is 4. The Morgan fingerprint density at radius 3 is 2.86 bits per heavy atom. The molecular formula is C15H21ClN4O2. The summed E-state index contributed by atoms with van der Waals surface area (Å²) in [5, 5.41) is 7.07. The predicted octanol–water partition coefficient (Wildman–Crippen LogP) is 1.44. The number of aromatic nitrogens is 2. The molecule has 0 saturated heterocycles. The highest BCUT2D eigenvalue weighted by Gasteiger charge is 2.16. The lowest BCUT2D eigenvalue weighted by atomic mass is 10.1. The van der Waals surface area contributed by atoms with Crippen LogP contribution < -0.4 is 11.1 Å². The van der Waals surface area contributed by atoms with Crippen LogP contribution in [0.4, 0.5) is 0 Å². The summed E-state index contributed by atoms with van der Waals surface area (Å²) in [6.45, 7) is 2.12. The summed E-state index contributed by atoms with van der Waals surface area (Å²) in [5.41, 5.74) is 7.64. The molecule has 2 rings (SSSR count). The first-order chi connectivity index (χ1) is 10.1. The third kappa shape index (κ3) is 4.56. The quantitative estimate of drug-likeness (QED) is 0.842. The van der Waals surface area contributed by atoms with Crippen molar-refractivity contribution in [2.24, 2.45) is 5.73 Å². The molecule has 0 aliphatic heterocycles. The van der Waals surface area contributed by atoms with E-state index in [1.807, 2.05) is 43.5 Å². The number of carbonyl (C=O) groups is 1. The van der Waals surface area contributed by atoms with Crippen LogP contribution in [0.2, 0.25) is 0 Å². The zero-order valence-corrected chi connectivity index (χ0v) is 13.4. The van der Waals surface area contributed by atoms with E-state index in [1.165, 1.54) is 7.11 Å². The van der Waals surface area contributed by atoms with Crippen molar-refractivity contribution >= 4 is 18.3 Å². The van der Waals surface area contributed by atoms with E-state index in [2.05, 4.69) is 10.4 Å². The Hall–Kier alpha value is -1.89. The van der Waals surface area contributed by atoms with Gasteiger partial charge in [0.05, 0.1) is 18.3 Å². The molecule has 2 aromatic rings. The van der Waals surface area contributed by atoms with Crippen LogP contribution in [0, 0.1) is 0 Å². The first kappa shape index (κ1) is 18.2. The largest absolute Gasteiger partial charge is 0.383 e. The second-order valence-electron chi connectivity index (χ2n) is 4.84. The number of amides is 1. The average Bonchev–Trinajstić information content (AvgIpc) is 3.01. The number of carbonyl (C=O) groups excluding carboxylic acids is 1. The average molecular weight is 325 g/mol. The summed E-state index contributed by atoms with van der Waals surface area (Å²) >= 11 is 0. The minimum absolute atomic E-state index is 0. The van der Waals surface area contributed by atoms with Crippen LogP contribution in [0.15, 0.2) is 42.7 Å². The Bertz CT molecular complexity index is 589. The molecule has 7 heteroatoms. The van der Waals surface area contributed by atoms with Crippen molar-refractivity contribution in [3.05, 3.63) is 48.3 Å². The van der Waals surface area contributed by atoms with Crippen LogP contribution in [0.3, 0.4) is 0 Å². The Morgan fingerprint density at radius 2 is 2.23 bits per heavy atom. The topological polar surface area (TPSA) is 82.2 Å². The van der Waals surface area contributed by atoms with Gasteiger partial charge in [-0.05, 0) is 30.7 Å². The van der Waals surface area contributed by atoms with Crippen LogP contribution >= 0.6 is 12.4 Å². The van der Waals surface area contributed by atoms with Gasteiger partial charge in [-0.25, -0.2) is 4.68 Å². The van der Waals surface area contributed by atoms with Crippen molar-refractivity contribution in [2.45, 2.75) is 19.0 Å². The smallest absolute Gasteiger partial charge is 0.239 e. The van der Waals surface area contributed by atoms with Crippen molar-refractivity contribution in [3.8, 4) is 5.69 Å². The highest BCUT2D eigenvalue weighted by atomic mass is 35.5. The molecule has 6 nitrogen and oxygen atoms in total. The van der Waals surface area contributed by atoms with E-state index in [4.69, 9.17) is 10.5 Å². The van der Waals surface area contributed by atoms with Gasteiger partial charge in [0.1, 0.15) is 6.04 Å².